The number of nitrogens with one attached hydrogen (secondary N) is 2. The molecular formula is C15H27N3O3. The van der Waals surface area contributed by atoms with Gasteiger partial charge in [-0.2, -0.15) is 0 Å². The summed E-state index contributed by atoms with van der Waals surface area (Å²) >= 11 is 0. The number of amides is 2. The van der Waals surface area contributed by atoms with Crippen LogP contribution in [0.4, 0.5) is 4.79 Å². The Labute approximate surface area is 126 Å². The summed E-state index contributed by atoms with van der Waals surface area (Å²) in [5.41, 5.74) is -0.455. The molecule has 0 spiro atoms. The molecule has 2 rings (SSSR count). The molecule has 1 unspecified atom stereocenters. The van der Waals surface area contributed by atoms with Crippen LogP contribution >= 0.6 is 0 Å². The summed E-state index contributed by atoms with van der Waals surface area (Å²) in [7, 11) is 0. The standard InChI is InChI=1S/C15H27N3O3/c1-15(2,3)21-14(20)18-9-7-12(10-18)16-8-6-13(19)17-11-4-5-11/h11-12,16H,4-10H2,1-3H3,(H,17,19). The van der Waals surface area contributed by atoms with Gasteiger partial charge in [0, 0.05) is 38.1 Å². The average Bonchev–Trinajstić information content (AvgIpc) is 3.03. The minimum absolute atomic E-state index is 0.118. The molecule has 0 aromatic heterocycles. The topological polar surface area (TPSA) is 70.7 Å². The van der Waals surface area contributed by atoms with Gasteiger partial charge in [0.15, 0.2) is 0 Å². The molecule has 2 aliphatic rings. The highest BCUT2D eigenvalue weighted by atomic mass is 16.6. The summed E-state index contributed by atoms with van der Waals surface area (Å²) in [5.74, 6) is 0.118. The predicted molar refractivity (Wildman–Crippen MR) is 80.0 cm³/mol. The van der Waals surface area contributed by atoms with E-state index in [1.165, 1.54) is 0 Å². The molecule has 0 aromatic carbocycles. The second-order valence-corrected chi connectivity index (χ2v) is 6.96. The maximum Gasteiger partial charge on any atom is 0.410 e. The Balaban J connectivity index is 1.61. The molecule has 1 aliphatic heterocycles. The van der Waals surface area contributed by atoms with E-state index in [9.17, 15) is 9.59 Å². The lowest BCUT2D eigenvalue weighted by Gasteiger charge is -2.24. The van der Waals surface area contributed by atoms with Crippen LogP contribution in [0.5, 0.6) is 0 Å². The summed E-state index contributed by atoms with van der Waals surface area (Å²) in [6, 6.07) is 0.679. The first-order valence-electron chi connectivity index (χ1n) is 7.84. The lowest BCUT2D eigenvalue weighted by molar-refractivity contribution is -0.121. The number of carbonyl (C=O) groups is 2. The lowest BCUT2D eigenvalue weighted by atomic mass is 10.2. The van der Waals surface area contributed by atoms with E-state index in [2.05, 4.69) is 10.6 Å². The van der Waals surface area contributed by atoms with Gasteiger partial charge in [0.1, 0.15) is 5.60 Å². The molecule has 120 valence electrons. The van der Waals surface area contributed by atoms with E-state index in [4.69, 9.17) is 4.74 Å². The van der Waals surface area contributed by atoms with Crippen molar-refractivity contribution in [1.29, 1.82) is 0 Å². The fraction of sp³-hybridized carbons (Fsp3) is 0.867. The first-order chi connectivity index (χ1) is 9.83. The highest BCUT2D eigenvalue weighted by Crippen LogP contribution is 2.18. The van der Waals surface area contributed by atoms with E-state index < -0.39 is 5.60 Å². The van der Waals surface area contributed by atoms with Crippen molar-refractivity contribution in [3.8, 4) is 0 Å². The van der Waals surface area contributed by atoms with Crippen molar-refractivity contribution >= 4 is 12.0 Å². The second-order valence-electron chi connectivity index (χ2n) is 6.96. The number of hydrogen-bond donors (Lipinski definition) is 2. The van der Waals surface area contributed by atoms with Gasteiger partial charge in [-0.05, 0) is 40.0 Å². The van der Waals surface area contributed by atoms with Crippen molar-refractivity contribution in [2.45, 2.75) is 64.1 Å². The van der Waals surface area contributed by atoms with E-state index in [1.807, 2.05) is 20.8 Å². The van der Waals surface area contributed by atoms with Crippen LogP contribution in [-0.2, 0) is 9.53 Å². The number of hydrogen-bond acceptors (Lipinski definition) is 4. The second kappa shape index (κ2) is 6.64. The predicted octanol–water partition coefficient (Wildman–Crippen LogP) is 1.25. The molecule has 2 amide bonds. The van der Waals surface area contributed by atoms with Gasteiger partial charge >= 0.3 is 6.09 Å². The molecule has 0 bridgehead atoms. The van der Waals surface area contributed by atoms with E-state index in [0.29, 0.717) is 32.1 Å². The first kappa shape index (κ1) is 16.1. The fourth-order valence-electron chi connectivity index (χ4n) is 2.34. The Morgan fingerprint density at radius 2 is 1.90 bits per heavy atom. The number of ether oxygens (including phenoxy) is 1. The molecule has 1 heterocycles. The van der Waals surface area contributed by atoms with Crippen LogP contribution in [-0.4, -0.2) is 54.2 Å². The molecule has 0 radical (unpaired) electrons. The smallest absolute Gasteiger partial charge is 0.410 e. The molecule has 1 aliphatic carbocycles. The first-order valence-corrected chi connectivity index (χ1v) is 7.84. The number of nitrogens with zero attached hydrogens (tertiary/aromatic N) is 1. The Morgan fingerprint density at radius 3 is 2.52 bits per heavy atom. The van der Waals surface area contributed by atoms with Crippen molar-refractivity contribution in [2.75, 3.05) is 19.6 Å². The lowest BCUT2D eigenvalue weighted by Crippen LogP contribution is -2.39. The highest BCUT2D eigenvalue weighted by Gasteiger charge is 2.29. The molecular weight excluding hydrogens is 270 g/mol. The molecule has 1 saturated heterocycles. The third-order valence-corrected chi connectivity index (χ3v) is 3.57. The Hall–Kier alpha value is -1.30. The Bertz CT molecular complexity index is 388. The average molecular weight is 297 g/mol. The van der Waals surface area contributed by atoms with Crippen molar-refractivity contribution in [1.82, 2.24) is 15.5 Å². The Kier molecular flexibility index (Phi) is 5.08. The van der Waals surface area contributed by atoms with Crippen LogP contribution < -0.4 is 10.6 Å². The maximum absolute atomic E-state index is 11.9. The van der Waals surface area contributed by atoms with Gasteiger partial charge in [0.05, 0.1) is 0 Å². The fourth-order valence-corrected chi connectivity index (χ4v) is 2.34. The summed E-state index contributed by atoms with van der Waals surface area (Å²) in [5, 5.41) is 6.31. The van der Waals surface area contributed by atoms with Gasteiger partial charge in [0.25, 0.3) is 0 Å². The monoisotopic (exact) mass is 297 g/mol. The summed E-state index contributed by atoms with van der Waals surface area (Å²) in [6.07, 6.45) is 3.39. The van der Waals surface area contributed by atoms with Crippen molar-refractivity contribution in [3.05, 3.63) is 0 Å². The number of likely N-dealkylation sites (tertiary alicyclic amines) is 1. The van der Waals surface area contributed by atoms with Crippen LogP contribution in [0.1, 0.15) is 46.5 Å². The van der Waals surface area contributed by atoms with Crippen LogP contribution in [0.2, 0.25) is 0 Å². The number of carbonyl (C=O) groups excluding carboxylic acids is 2. The van der Waals surface area contributed by atoms with Crippen LogP contribution in [0, 0.1) is 0 Å². The number of rotatable bonds is 5. The third kappa shape index (κ3) is 5.91. The third-order valence-electron chi connectivity index (χ3n) is 3.57. The quantitative estimate of drug-likeness (QED) is 0.801. The Morgan fingerprint density at radius 1 is 1.19 bits per heavy atom. The van der Waals surface area contributed by atoms with Crippen LogP contribution in [0.25, 0.3) is 0 Å². The minimum Gasteiger partial charge on any atom is -0.444 e. The van der Waals surface area contributed by atoms with Gasteiger partial charge in [-0.1, -0.05) is 0 Å². The molecule has 21 heavy (non-hydrogen) atoms. The molecule has 2 N–H and O–H groups in total. The summed E-state index contributed by atoms with van der Waals surface area (Å²) in [6.45, 7) is 7.63. The largest absolute Gasteiger partial charge is 0.444 e. The van der Waals surface area contributed by atoms with E-state index >= 15 is 0 Å². The molecule has 1 saturated carbocycles. The zero-order valence-electron chi connectivity index (χ0n) is 13.3. The van der Waals surface area contributed by atoms with Gasteiger partial charge < -0.3 is 20.3 Å². The van der Waals surface area contributed by atoms with E-state index in [-0.39, 0.29) is 18.0 Å². The molecule has 0 aromatic rings. The van der Waals surface area contributed by atoms with E-state index in [0.717, 1.165) is 19.3 Å². The van der Waals surface area contributed by atoms with E-state index in [1.54, 1.807) is 4.90 Å². The molecule has 6 nitrogen and oxygen atoms in total. The zero-order chi connectivity index (χ0) is 15.5. The molecule has 6 heteroatoms. The maximum atomic E-state index is 11.9. The SMILES string of the molecule is CC(C)(C)OC(=O)N1CCC(NCCC(=O)NC2CC2)C1. The van der Waals surface area contributed by atoms with Crippen molar-refractivity contribution in [3.63, 3.8) is 0 Å². The van der Waals surface area contributed by atoms with Gasteiger partial charge in [-0.25, -0.2) is 4.79 Å². The summed E-state index contributed by atoms with van der Waals surface area (Å²) < 4.78 is 5.36. The summed E-state index contributed by atoms with van der Waals surface area (Å²) in [4.78, 5) is 25.2. The van der Waals surface area contributed by atoms with Gasteiger partial charge in [-0.3, -0.25) is 4.79 Å². The highest BCUT2D eigenvalue weighted by molar-refractivity contribution is 5.76. The van der Waals surface area contributed by atoms with Crippen LogP contribution in [0.3, 0.4) is 0 Å². The normalized spacial score (nSPS) is 22.2. The van der Waals surface area contributed by atoms with Crippen LogP contribution in [0.15, 0.2) is 0 Å². The minimum atomic E-state index is -0.455. The van der Waals surface area contributed by atoms with Crippen molar-refractivity contribution in [2.24, 2.45) is 0 Å². The van der Waals surface area contributed by atoms with Gasteiger partial charge in [0.2, 0.25) is 5.91 Å². The van der Waals surface area contributed by atoms with Crippen molar-refractivity contribution < 1.29 is 14.3 Å². The molecule has 1 atom stereocenters. The zero-order valence-corrected chi connectivity index (χ0v) is 13.3. The van der Waals surface area contributed by atoms with Gasteiger partial charge in [-0.15, -0.1) is 0 Å². The molecule has 2 fully saturated rings.